The van der Waals surface area contributed by atoms with Gasteiger partial charge in [0.15, 0.2) is 0 Å². The van der Waals surface area contributed by atoms with E-state index in [4.69, 9.17) is 11.6 Å². The fraction of sp³-hybridized carbons (Fsp3) is 0.600. The van der Waals surface area contributed by atoms with E-state index in [1.165, 1.54) is 32.1 Å². The van der Waals surface area contributed by atoms with Crippen molar-refractivity contribution in [2.45, 2.75) is 51.7 Å². The molecule has 0 radical (unpaired) electrons. The molecule has 0 unspecified atom stereocenters. The molecule has 0 aromatic heterocycles. The summed E-state index contributed by atoms with van der Waals surface area (Å²) in [5.41, 5.74) is 1.98. The van der Waals surface area contributed by atoms with Gasteiger partial charge in [0, 0.05) is 28.9 Å². The highest BCUT2D eigenvalue weighted by atomic mass is 35.5. The van der Waals surface area contributed by atoms with Crippen LogP contribution in [0.15, 0.2) is 18.2 Å². The largest absolute Gasteiger partial charge is 0.392 e. The Balaban J connectivity index is 2.28. The Morgan fingerprint density at radius 1 is 1.28 bits per heavy atom. The third-order valence-corrected chi connectivity index (χ3v) is 4.27. The lowest BCUT2D eigenvalue weighted by Gasteiger charge is -2.36. The van der Waals surface area contributed by atoms with Gasteiger partial charge in [-0.2, -0.15) is 0 Å². The molecule has 3 heteroatoms. The average Bonchev–Trinajstić information content (AvgIpc) is 2.41. The fourth-order valence-electron chi connectivity index (χ4n) is 2.99. The highest BCUT2D eigenvalue weighted by Crippen LogP contribution is 2.32. The second-order valence-electron chi connectivity index (χ2n) is 4.97. The van der Waals surface area contributed by atoms with Gasteiger partial charge in [0.1, 0.15) is 0 Å². The topological polar surface area (TPSA) is 23.5 Å². The minimum absolute atomic E-state index is 0.0121. The first-order valence-corrected chi connectivity index (χ1v) is 7.30. The predicted octanol–water partition coefficient (Wildman–Crippen LogP) is 3.99. The Labute approximate surface area is 115 Å². The minimum atomic E-state index is 0.0121. The van der Waals surface area contributed by atoms with Gasteiger partial charge in [-0.05, 0) is 31.9 Å². The summed E-state index contributed by atoms with van der Waals surface area (Å²) in [6.45, 7) is 3.16. The molecule has 0 amide bonds. The van der Waals surface area contributed by atoms with Crippen LogP contribution < -0.4 is 4.90 Å². The second kappa shape index (κ2) is 6.44. The molecular formula is C15H22ClNO. The maximum atomic E-state index is 9.53. The summed E-state index contributed by atoms with van der Waals surface area (Å²) in [4.78, 5) is 2.41. The normalized spacial score (nSPS) is 16.8. The van der Waals surface area contributed by atoms with Crippen LogP contribution >= 0.6 is 11.6 Å². The highest BCUT2D eigenvalue weighted by molar-refractivity contribution is 6.31. The maximum Gasteiger partial charge on any atom is 0.0716 e. The first kappa shape index (κ1) is 13.7. The van der Waals surface area contributed by atoms with Crippen molar-refractivity contribution in [1.82, 2.24) is 0 Å². The lowest BCUT2D eigenvalue weighted by atomic mass is 9.93. The van der Waals surface area contributed by atoms with E-state index in [1.54, 1.807) is 0 Å². The number of nitrogens with zero attached hydrogens (tertiary/aromatic N) is 1. The van der Waals surface area contributed by atoms with Gasteiger partial charge < -0.3 is 10.0 Å². The van der Waals surface area contributed by atoms with E-state index in [9.17, 15) is 5.11 Å². The van der Waals surface area contributed by atoms with Crippen molar-refractivity contribution in [2.75, 3.05) is 11.4 Å². The van der Waals surface area contributed by atoms with Crippen molar-refractivity contribution in [1.29, 1.82) is 0 Å². The van der Waals surface area contributed by atoms with Crippen LogP contribution in [0.1, 0.15) is 44.6 Å². The minimum Gasteiger partial charge on any atom is -0.392 e. The summed E-state index contributed by atoms with van der Waals surface area (Å²) in [7, 11) is 0. The molecule has 0 aliphatic heterocycles. The van der Waals surface area contributed by atoms with E-state index in [2.05, 4.69) is 17.9 Å². The van der Waals surface area contributed by atoms with Crippen LogP contribution in [-0.4, -0.2) is 17.7 Å². The van der Waals surface area contributed by atoms with Crippen LogP contribution in [0.2, 0.25) is 5.02 Å². The number of rotatable bonds is 4. The van der Waals surface area contributed by atoms with Crippen molar-refractivity contribution in [3.8, 4) is 0 Å². The smallest absolute Gasteiger partial charge is 0.0716 e. The van der Waals surface area contributed by atoms with Gasteiger partial charge in [-0.3, -0.25) is 0 Å². The van der Waals surface area contributed by atoms with Crippen molar-refractivity contribution in [3.63, 3.8) is 0 Å². The fourth-order valence-corrected chi connectivity index (χ4v) is 3.22. The number of hydrogen-bond donors (Lipinski definition) is 1. The van der Waals surface area contributed by atoms with E-state index in [0.717, 1.165) is 17.8 Å². The molecule has 1 aromatic rings. The molecule has 1 fully saturated rings. The van der Waals surface area contributed by atoms with Crippen molar-refractivity contribution < 1.29 is 5.11 Å². The second-order valence-corrected chi connectivity index (χ2v) is 5.38. The summed E-state index contributed by atoms with van der Waals surface area (Å²) in [6.07, 6.45) is 6.50. The maximum absolute atomic E-state index is 9.53. The van der Waals surface area contributed by atoms with Gasteiger partial charge in [0.05, 0.1) is 6.61 Å². The van der Waals surface area contributed by atoms with Gasteiger partial charge in [0.2, 0.25) is 0 Å². The summed E-state index contributed by atoms with van der Waals surface area (Å²) < 4.78 is 0. The van der Waals surface area contributed by atoms with E-state index < -0.39 is 0 Å². The van der Waals surface area contributed by atoms with E-state index in [1.807, 2.05) is 12.1 Å². The summed E-state index contributed by atoms with van der Waals surface area (Å²) >= 11 is 6.18. The Kier molecular flexibility index (Phi) is 4.90. The van der Waals surface area contributed by atoms with Crippen LogP contribution in [0.5, 0.6) is 0 Å². The number of aliphatic hydroxyl groups excluding tert-OH is 1. The molecule has 0 saturated heterocycles. The van der Waals surface area contributed by atoms with E-state index in [-0.39, 0.29) is 6.61 Å². The molecule has 2 rings (SSSR count). The molecule has 0 bridgehead atoms. The van der Waals surface area contributed by atoms with Crippen LogP contribution in [0, 0.1) is 0 Å². The standard InChI is InChI=1S/C15H22ClNO/c1-2-17(12-7-4-3-5-8-12)15-10-6-9-14(16)13(15)11-18/h6,9-10,12,18H,2-5,7-8,11H2,1H3. The molecule has 1 N–H and O–H groups in total. The van der Waals surface area contributed by atoms with E-state index in [0.29, 0.717) is 11.1 Å². The van der Waals surface area contributed by atoms with E-state index >= 15 is 0 Å². The molecule has 0 spiro atoms. The van der Waals surface area contributed by atoms with Crippen LogP contribution in [0.3, 0.4) is 0 Å². The molecule has 0 atom stereocenters. The van der Waals surface area contributed by atoms with Gasteiger partial charge in [-0.25, -0.2) is 0 Å². The van der Waals surface area contributed by atoms with Crippen LogP contribution in [0.4, 0.5) is 5.69 Å². The lowest BCUT2D eigenvalue weighted by molar-refractivity contribution is 0.281. The number of benzene rings is 1. The molecule has 0 heterocycles. The summed E-state index contributed by atoms with van der Waals surface area (Å²) in [5, 5.41) is 10.2. The summed E-state index contributed by atoms with van der Waals surface area (Å²) in [5.74, 6) is 0. The van der Waals surface area contributed by atoms with Crippen molar-refractivity contribution in [2.24, 2.45) is 0 Å². The Morgan fingerprint density at radius 3 is 2.61 bits per heavy atom. The number of halogens is 1. The Morgan fingerprint density at radius 2 is 2.00 bits per heavy atom. The zero-order valence-electron chi connectivity index (χ0n) is 11.0. The third kappa shape index (κ3) is 2.81. The molecule has 18 heavy (non-hydrogen) atoms. The molecule has 1 saturated carbocycles. The molecule has 1 aliphatic rings. The van der Waals surface area contributed by atoms with Crippen molar-refractivity contribution in [3.05, 3.63) is 28.8 Å². The van der Waals surface area contributed by atoms with Crippen molar-refractivity contribution >= 4 is 17.3 Å². The zero-order chi connectivity index (χ0) is 13.0. The Bertz CT molecular complexity index is 388. The summed E-state index contributed by atoms with van der Waals surface area (Å²) in [6, 6.07) is 6.51. The van der Waals surface area contributed by atoms with Gasteiger partial charge in [-0.15, -0.1) is 0 Å². The third-order valence-electron chi connectivity index (χ3n) is 3.92. The van der Waals surface area contributed by atoms with Gasteiger partial charge in [0.25, 0.3) is 0 Å². The number of anilines is 1. The monoisotopic (exact) mass is 267 g/mol. The first-order chi connectivity index (χ1) is 8.77. The highest BCUT2D eigenvalue weighted by Gasteiger charge is 2.22. The Hall–Kier alpha value is -0.730. The van der Waals surface area contributed by atoms with Crippen LogP contribution in [0.25, 0.3) is 0 Å². The van der Waals surface area contributed by atoms with Crippen LogP contribution in [-0.2, 0) is 6.61 Å². The quantitative estimate of drug-likeness (QED) is 0.892. The lowest BCUT2D eigenvalue weighted by Crippen LogP contribution is -2.37. The zero-order valence-corrected chi connectivity index (χ0v) is 11.8. The average molecular weight is 268 g/mol. The van der Waals surface area contributed by atoms with Gasteiger partial charge in [-0.1, -0.05) is 36.9 Å². The predicted molar refractivity (Wildman–Crippen MR) is 77.3 cm³/mol. The molecule has 1 aliphatic carbocycles. The van der Waals surface area contributed by atoms with Gasteiger partial charge >= 0.3 is 0 Å². The SMILES string of the molecule is CCN(c1cccc(Cl)c1CO)C1CCCCC1. The molecule has 1 aromatic carbocycles. The first-order valence-electron chi connectivity index (χ1n) is 6.92. The molecule has 2 nitrogen and oxygen atoms in total. The molecule has 100 valence electrons. The number of aliphatic hydroxyl groups is 1. The molecular weight excluding hydrogens is 246 g/mol. The number of hydrogen-bond acceptors (Lipinski definition) is 2.